The van der Waals surface area contributed by atoms with Gasteiger partial charge in [-0.25, -0.2) is 14.8 Å². The second kappa shape index (κ2) is 11.0. The number of anilines is 1. The van der Waals surface area contributed by atoms with E-state index in [1.54, 1.807) is 0 Å². The van der Waals surface area contributed by atoms with Crippen molar-refractivity contribution in [3.05, 3.63) is 54.4 Å². The van der Waals surface area contributed by atoms with Gasteiger partial charge in [-0.15, -0.1) is 0 Å². The first-order valence-corrected chi connectivity index (χ1v) is 16.0. The van der Waals surface area contributed by atoms with Gasteiger partial charge in [0.1, 0.15) is 29.1 Å². The molecule has 3 aromatic heterocycles. The van der Waals surface area contributed by atoms with Crippen LogP contribution in [0, 0.1) is 5.92 Å². The van der Waals surface area contributed by atoms with Crippen molar-refractivity contribution in [2.45, 2.75) is 70.1 Å². The number of benzene rings is 2. The minimum Gasteiger partial charge on any atom is -0.480 e. The van der Waals surface area contributed by atoms with Crippen LogP contribution in [0.3, 0.4) is 0 Å². The molecule has 5 aromatic rings. The fourth-order valence-electron chi connectivity index (χ4n) is 7.49. The predicted octanol–water partition coefficient (Wildman–Crippen LogP) is 5.36. The Morgan fingerprint density at radius 1 is 0.978 bits per heavy atom. The highest BCUT2D eigenvalue weighted by Gasteiger charge is 2.42. The molecule has 1 N–H and O–H groups in total. The summed E-state index contributed by atoms with van der Waals surface area (Å²) >= 11 is 0. The third-order valence-electron chi connectivity index (χ3n) is 9.74. The van der Waals surface area contributed by atoms with E-state index in [2.05, 4.69) is 17.6 Å². The van der Waals surface area contributed by atoms with E-state index in [0.29, 0.717) is 66.8 Å². The lowest BCUT2D eigenvalue weighted by Gasteiger charge is -2.38. The number of ether oxygens (including phenoxy) is 1. The maximum Gasteiger partial charge on any atom is 0.326 e. The van der Waals surface area contributed by atoms with Gasteiger partial charge in [0.05, 0.1) is 17.6 Å². The number of fused-ring (bicyclic) bond motifs is 11. The molecule has 0 aliphatic carbocycles. The summed E-state index contributed by atoms with van der Waals surface area (Å²) in [7, 11) is 0. The monoisotopic (exact) mass is 608 g/mol. The van der Waals surface area contributed by atoms with Crippen LogP contribution in [0.25, 0.3) is 33.1 Å². The molecule has 4 atom stereocenters. The van der Waals surface area contributed by atoms with E-state index in [1.807, 2.05) is 52.3 Å². The summed E-state index contributed by atoms with van der Waals surface area (Å²) in [4.78, 5) is 44.5. The summed E-state index contributed by atoms with van der Waals surface area (Å²) in [6.07, 6.45) is 4.26. The Bertz CT molecular complexity index is 1930. The standard InChI is InChI=1S/C34H36N6O5/c1-20-18-38-16-15-24(20)40-25-11-7-6-10-23(25)35-34(40)44-21-17-26(33(42)43)39(19-21)32-31-30(22-9-5-8-12-27(22)45-31)36-28(37-32)13-3-2-4-14-29(38)41/h5-12,20-21,24,26H,2-4,13-19H2,1H3,(H,42,43)/t20-,21-,24-,26-/m0/s1. The van der Waals surface area contributed by atoms with Gasteiger partial charge < -0.3 is 24.1 Å². The summed E-state index contributed by atoms with van der Waals surface area (Å²) in [5.74, 6) is 0.576. The van der Waals surface area contributed by atoms with Gasteiger partial charge in [0.15, 0.2) is 11.4 Å². The molecule has 4 aliphatic heterocycles. The summed E-state index contributed by atoms with van der Waals surface area (Å²) < 4.78 is 15.1. The van der Waals surface area contributed by atoms with Gasteiger partial charge in [-0.05, 0) is 49.4 Å². The average Bonchev–Trinajstić information content (AvgIpc) is 3.73. The zero-order chi connectivity index (χ0) is 30.7. The molecule has 11 heteroatoms. The van der Waals surface area contributed by atoms with Crippen LogP contribution in [0.2, 0.25) is 0 Å². The van der Waals surface area contributed by atoms with Crippen LogP contribution >= 0.6 is 0 Å². The fraction of sp³-hybridized carbons (Fsp3) is 0.441. The van der Waals surface area contributed by atoms with Gasteiger partial charge in [0, 0.05) is 43.8 Å². The SMILES string of the molecule is C[C@H]1CN2CC[C@@H]1n1c(nc3ccccc31)O[C@H]1C[C@@H](C(=O)O)N(C1)c1nc(nc3c1oc1ccccc13)CCCCCC2=O. The molecule has 7 heterocycles. The summed E-state index contributed by atoms with van der Waals surface area (Å²) in [6.45, 7) is 3.86. The molecule has 11 nitrogen and oxygen atoms in total. The largest absolute Gasteiger partial charge is 0.480 e. The molecule has 232 valence electrons. The number of imidazole rings is 1. The summed E-state index contributed by atoms with van der Waals surface area (Å²) in [5.41, 5.74) is 3.65. The number of rotatable bonds is 1. The third-order valence-corrected chi connectivity index (χ3v) is 9.74. The van der Waals surface area contributed by atoms with Crippen molar-refractivity contribution in [2.24, 2.45) is 5.92 Å². The van der Waals surface area contributed by atoms with Crippen molar-refractivity contribution in [1.29, 1.82) is 0 Å². The van der Waals surface area contributed by atoms with Crippen LogP contribution in [-0.2, 0) is 16.0 Å². The molecule has 0 radical (unpaired) electrons. The smallest absolute Gasteiger partial charge is 0.326 e. The van der Waals surface area contributed by atoms with E-state index >= 15 is 0 Å². The molecule has 4 aliphatic rings. The Hall–Kier alpha value is -4.67. The first-order valence-electron chi connectivity index (χ1n) is 16.0. The maximum absolute atomic E-state index is 13.2. The van der Waals surface area contributed by atoms with Crippen molar-refractivity contribution in [1.82, 2.24) is 24.4 Å². The van der Waals surface area contributed by atoms with Crippen LogP contribution in [0.15, 0.2) is 52.9 Å². The van der Waals surface area contributed by atoms with Crippen molar-refractivity contribution in [2.75, 3.05) is 24.5 Å². The number of aromatic nitrogens is 4. The van der Waals surface area contributed by atoms with Crippen molar-refractivity contribution in [3.63, 3.8) is 0 Å². The van der Waals surface area contributed by atoms with Crippen molar-refractivity contribution >= 4 is 50.8 Å². The van der Waals surface area contributed by atoms with E-state index < -0.39 is 18.1 Å². The van der Waals surface area contributed by atoms with Crippen LogP contribution in [-0.4, -0.2) is 73.2 Å². The highest BCUT2D eigenvalue weighted by molar-refractivity contribution is 6.06. The molecular weight excluding hydrogens is 572 g/mol. The van der Waals surface area contributed by atoms with E-state index in [1.165, 1.54) is 0 Å². The average molecular weight is 609 g/mol. The number of piperidine rings is 1. The number of hydrogen-bond acceptors (Lipinski definition) is 8. The highest BCUT2D eigenvalue weighted by atomic mass is 16.5. The molecule has 0 spiro atoms. The molecule has 0 unspecified atom stereocenters. The minimum absolute atomic E-state index is 0.0888. The predicted molar refractivity (Wildman–Crippen MR) is 168 cm³/mol. The molecule has 6 bridgehead atoms. The fourth-order valence-corrected chi connectivity index (χ4v) is 7.49. The van der Waals surface area contributed by atoms with Crippen LogP contribution in [0.1, 0.15) is 57.3 Å². The Labute approximate surface area is 259 Å². The number of aliphatic carboxylic acids is 1. The number of para-hydroxylation sites is 3. The summed E-state index contributed by atoms with van der Waals surface area (Å²) in [5, 5.41) is 11.3. The quantitative estimate of drug-likeness (QED) is 0.267. The number of carbonyl (C=O) groups is 2. The lowest BCUT2D eigenvalue weighted by molar-refractivity contribution is -0.138. The highest BCUT2D eigenvalue weighted by Crippen LogP contribution is 2.39. The van der Waals surface area contributed by atoms with Gasteiger partial charge >= 0.3 is 5.97 Å². The van der Waals surface area contributed by atoms with E-state index in [4.69, 9.17) is 24.1 Å². The Kier molecular flexibility index (Phi) is 6.84. The number of carboxylic acids is 1. The van der Waals surface area contributed by atoms with Gasteiger partial charge in [-0.2, -0.15) is 4.98 Å². The number of furan rings is 1. The Balaban J connectivity index is 1.24. The molecule has 45 heavy (non-hydrogen) atoms. The van der Waals surface area contributed by atoms with E-state index in [0.717, 1.165) is 42.1 Å². The topological polar surface area (TPSA) is 127 Å². The molecule has 9 rings (SSSR count). The minimum atomic E-state index is -0.938. The number of amides is 1. The lowest BCUT2D eigenvalue weighted by atomic mass is 9.93. The summed E-state index contributed by atoms with van der Waals surface area (Å²) in [6, 6.07) is 15.4. The van der Waals surface area contributed by atoms with Gasteiger partial charge in [0.25, 0.3) is 6.01 Å². The molecule has 1 amide bonds. The maximum atomic E-state index is 13.2. The first kappa shape index (κ1) is 27.8. The van der Waals surface area contributed by atoms with Gasteiger partial charge in [-0.1, -0.05) is 37.6 Å². The van der Waals surface area contributed by atoms with Crippen molar-refractivity contribution in [3.8, 4) is 6.01 Å². The number of aryl methyl sites for hydroxylation is 1. The molecule has 2 fully saturated rings. The van der Waals surface area contributed by atoms with E-state index in [9.17, 15) is 14.7 Å². The molecule has 2 aromatic carbocycles. The van der Waals surface area contributed by atoms with Gasteiger partial charge in [0.2, 0.25) is 5.91 Å². The lowest BCUT2D eigenvalue weighted by Crippen LogP contribution is -2.43. The second-order valence-electron chi connectivity index (χ2n) is 12.7. The normalized spacial score (nSPS) is 24.4. The number of carboxylic acid groups (broad SMARTS) is 1. The van der Waals surface area contributed by atoms with Gasteiger partial charge in [-0.3, -0.25) is 9.36 Å². The zero-order valence-electron chi connectivity index (χ0n) is 25.3. The molecule has 0 saturated carbocycles. The number of hydrogen-bond donors (Lipinski definition) is 1. The number of carbonyl (C=O) groups excluding carboxylic acids is 1. The number of nitrogens with zero attached hydrogens (tertiary/aromatic N) is 6. The Morgan fingerprint density at radius 3 is 2.67 bits per heavy atom. The second-order valence-corrected chi connectivity index (χ2v) is 12.7. The zero-order valence-corrected chi connectivity index (χ0v) is 25.3. The molecular formula is C34H36N6O5. The molecule has 2 saturated heterocycles. The van der Waals surface area contributed by atoms with Crippen LogP contribution in [0.4, 0.5) is 5.82 Å². The third kappa shape index (κ3) is 4.85. The van der Waals surface area contributed by atoms with Crippen molar-refractivity contribution < 1.29 is 23.8 Å². The first-order chi connectivity index (χ1) is 21.9. The Morgan fingerprint density at radius 2 is 1.80 bits per heavy atom. The van der Waals surface area contributed by atoms with E-state index in [-0.39, 0.29) is 24.3 Å². The van der Waals surface area contributed by atoms with Crippen LogP contribution in [0.5, 0.6) is 6.01 Å². The van der Waals surface area contributed by atoms with Crippen LogP contribution < -0.4 is 9.64 Å².